The van der Waals surface area contributed by atoms with Gasteiger partial charge in [-0.1, -0.05) is 0 Å². The van der Waals surface area contributed by atoms with Gasteiger partial charge in [-0.15, -0.1) is 10.2 Å². The van der Waals surface area contributed by atoms with Crippen molar-refractivity contribution in [2.24, 2.45) is 17.3 Å². The van der Waals surface area contributed by atoms with Crippen LogP contribution in [0.2, 0.25) is 0 Å². The van der Waals surface area contributed by atoms with Gasteiger partial charge in [-0.05, 0) is 62.5 Å². The zero-order valence-electron chi connectivity index (χ0n) is 14.3. The number of morpholine rings is 1. The summed E-state index contributed by atoms with van der Waals surface area (Å²) in [6.45, 7) is 4.71. The summed E-state index contributed by atoms with van der Waals surface area (Å²) in [5, 5.41) is 13.0. The summed E-state index contributed by atoms with van der Waals surface area (Å²) in [6, 6.07) is 0. The van der Waals surface area contributed by atoms with E-state index in [9.17, 15) is 4.79 Å². The molecule has 5 fully saturated rings. The summed E-state index contributed by atoms with van der Waals surface area (Å²) in [4.78, 5) is 17.3. The maximum atomic E-state index is 13.4. The number of ether oxygens (including phenoxy) is 1. The summed E-state index contributed by atoms with van der Waals surface area (Å²) >= 11 is 0. The lowest BCUT2D eigenvalue weighted by atomic mass is 9.46. The van der Waals surface area contributed by atoms with Gasteiger partial charge in [0.05, 0.1) is 24.2 Å². The highest BCUT2D eigenvalue weighted by atomic mass is 16.5. The van der Waals surface area contributed by atoms with Crippen molar-refractivity contribution in [3.8, 4) is 0 Å². The SMILES string of the molecule is Cc1nnn(C23CC4CC(CC(C(=O)N5CCOCC5)(C4)C2)C3)n1. The normalized spacial score (nSPS) is 41.0. The minimum absolute atomic E-state index is 0.0900. The number of hydrogen-bond acceptors (Lipinski definition) is 5. The number of carbonyl (C=O) groups is 1. The van der Waals surface area contributed by atoms with Gasteiger partial charge in [0.2, 0.25) is 5.91 Å². The van der Waals surface area contributed by atoms with Crippen molar-refractivity contribution in [2.75, 3.05) is 26.3 Å². The summed E-state index contributed by atoms with van der Waals surface area (Å²) in [5.41, 5.74) is -0.295. The van der Waals surface area contributed by atoms with Crippen molar-refractivity contribution in [3.05, 3.63) is 5.82 Å². The number of carbonyl (C=O) groups excluding carboxylic acids is 1. The molecule has 24 heavy (non-hydrogen) atoms. The molecule has 4 aliphatic carbocycles. The number of amides is 1. The Balaban J connectivity index is 1.50. The van der Waals surface area contributed by atoms with Crippen molar-refractivity contribution in [2.45, 2.75) is 51.0 Å². The summed E-state index contributed by atoms with van der Waals surface area (Å²) in [5.74, 6) is 2.34. The second-order valence-corrected chi connectivity index (χ2v) is 8.50. The van der Waals surface area contributed by atoms with Gasteiger partial charge in [0.1, 0.15) is 0 Å². The minimum Gasteiger partial charge on any atom is -0.378 e. The lowest BCUT2D eigenvalue weighted by Crippen LogP contribution is -2.62. The zero-order chi connectivity index (χ0) is 16.4. The van der Waals surface area contributed by atoms with Crippen LogP contribution in [-0.2, 0) is 15.1 Å². The van der Waals surface area contributed by atoms with Crippen LogP contribution in [0.4, 0.5) is 0 Å². The molecule has 4 saturated carbocycles. The quantitative estimate of drug-likeness (QED) is 0.812. The summed E-state index contributed by atoms with van der Waals surface area (Å²) in [7, 11) is 0. The first-order chi connectivity index (χ1) is 11.6. The molecule has 0 radical (unpaired) electrons. The predicted molar refractivity (Wildman–Crippen MR) is 85.0 cm³/mol. The molecule has 5 aliphatic rings. The number of tetrazole rings is 1. The highest BCUT2D eigenvalue weighted by Gasteiger charge is 2.63. The van der Waals surface area contributed by atoms with Gasteiger partial charge in [-0.2, -0.15) is 4.80 Å². The van der Waals surface area contributed by atoms with E-state index in [4.69, 9.17) is 4.74 Å². The minimum atomic E-state index is -0.205. The van der Waals surface area contributed by atoms with Crippen LogP contribution in [0.1, 0.15) is 44.3 Å². The Labute approximate surface area is 141 Å². The monoisotopic (exact) mass is 331 g/mol. The Morgan fingerprint density at radius 1 is 1.17 bits per heavy atom. The molecule has 7 nitrogen and oxygen atoms in total. The van der Waals surface area contributed by atoms with E-state index < -0.39 is 0 Å². The van der Waals surface area contributed by atoms with Crippen molar-refractivity contribution < 1.29 is 9.53 Å². The maximum absolute atomic E-state index is 13.4. The van der Waals surface area contributed by atoms with E-state index in [1.807, 2.05) is 16.6 Å². The zero-order valence-corrected chi connectivity index (χ0v) is 14.3. The number of aryl methyl sites for hydroxylation is 1. The van der Waals surface area contributed by atoms with Gasteiger partial charge in [0.15, 0.2) is 5.82 Å². The standard InChI is InChI=1S/C17H25N5O2/c1-12-18-20-22(19-12)17-9-13-6-14(10-17)8-16(7-13,11-17)15(23)21-2-4-24-5-3-21/h13-14H,2-11H2,1H3. The Bertz CT molecular complexity index is 652. The van der Waals surface area contributed by atoms with Crippen LogP contribution in [0.25, 0.3) is 0 Å². The first-order valence-electron chi connectivity index (χ1n) is 9.23. The molecule has 1 aliphatic heterocycles. The van der Waals surface area contributed by atoms with Gasteiger partial charge < -0.3 is 9.64 Å². The average molecular weight is 331 g/mol. The highest BCUT2D eigenvalue weighted by Crippen LogP contribution is 2.64. The maximum Gasteiger partial charge on any atom is 0.229 e. The van der Waals surface area contributed by atoms with Crippen LogP contribution in [0.5, 0.6) is 0 Å². The summed E-state index contributed by atoms with van der Waals surface area (Å²) < 4.78 is 5.43. The van der Waals surface area contributed by atoms with Crippen LogP contribution in [0.15, 0.2) is 0 Å². The van der Waals surface area contributed by atoms with Crippen molar-refractivity contribution in [1.82, 2.24) is 25.1 Å². The Morgan fingerprint density at radius 2 is 1.88 bits per heavy atom. The highest BCUT2D eigenvalue weighted by molar-refractivity contribution is 5.83. The smallest absolute Gasteiger partial charge is 0.229 e. The number of rotatable bonds is 2. The van der Waals surface area contributed by atoms with E-state index in [-0.39, 0.29) is 11.0 Å². The molecule has 0 N–H and O–H groups in total. The molecule has 1 aromatic heterocycles. The van der Waals surface area contributed by atoms with Crippen LogP contribution < -0.4 is 0 Å². The van der Waals surface area contributed by atoms with Gasteiger partial charge >= 0.3 is 0 Å². The molecule has 2 atom stereocenters. The third-order valence-electron chi connectivity index (χ3n) is 6.72. The number of aromatic nitrogens is 4. The molecule has 0 spiro atoms. The number of hydrogen-bond donors (Lipinski definition) is 0. The molecule has 7 heteroatoms. The molecule has 1 aromatic rings. The fourth-order valence-corrected chi connectivity index (χ4v) is 6.29. The Hall–Kier alpha value is -1.50. The van der Waals surface area contributed by atoms with Crippen molar-refractivity contribution >= 4 is 5.91 Å². The largest absolute Gasteiger partial charge is 0.378 e. The third-order valence-corrected chi connectivity index (χ3v) is 6.72. The lowest BCUT2D eigenvalue weighted by molar-refractivity contribution is -0.171. The van der Waals surface area contributed by atoms with Gasteiger partial charge in [-0.25, -0.2) is 0 Å². The average Bonchev–Trinajstić information content (AvgIpc) is 3.01. The topological polar surface area (TPSA) is 73.1 Å². The molecule has 2 unspecified atom stereocenters. The second kappa shape index (κ2) is 5.00. The van der Waals surface area contributed by atoms with E-state index in [1.54, 1.807) is 0 Å². The van der Waals surface area contributed by atoms with Gasteiger partial charge in [0.25, 0.3) is 0 Å². The Kier molecular flexibility index (Phi) is 3.09. The molecule has 4 bridgehead atoms. The molecule has 6 rings (SSSR count). The van der Waals surface area contributed by atoms with E-state index >= 15 is 0 Å². The van der Waals surface area contributed by atoms with Crippen LogP contribution in [0.3, 0.4) is 0 Å². The second-order valence-electron chi connectivity index (χ2n) is 8.50. The molecule has 1 saturated heterocycles. The molecular weight excluding hydrogens is 306 g/mol. The van der Waals surface area contributed by atoms with Crippen molar-refractivity contribution in [3.63, 3.8) is 0 Å². The Morgan fingerprint density at radius 3 is 2.50 bits per heavy atom. The van der Waals surface area contributed by atoms with E-state index in [1.165, 1.54) is 6.42 Å². The van der Waals surface area contributed by atoms with Gasteiger partial charge in [0, 0.05) is 13.1 Å². The fourth-order valence-electron chi connectivity index (χ4n) is 6.29. The fraction of sp³-hybridized carbons (Fsp3) is 0.882. The van der Waals surface area contributed by atoms with Crippen LogP contribution >= 0.6 is 0 Å². The first-order valence-corrected chi connectivity index (χ1v) is 9.23. The molecule has 130 valence electrons. The molecule has 2 heterocycles. The number of nitrogens with zero attached hydrogens (tertiary/aromatic N) is 5. The summed E-state index contributed by atoms with van der Waals surface area (Å²) in [6.07, 6.45) is 6.48. The lowest BCUT2D eigenvalue weighted by Gasteiger charge is -2.61. The van der Waals surface area contributed by atoms with Gasteiger partial charge in [-0.3, -0.25) is 4.79 Å². The predicted octanol–water partition coefficient (Wildman–Crippen LogP) is 1.14. The first kappa shape index (κ1) is 14.8. The third kappa shape index (κ3) is 2.06. The molecule has 0 aromatic carbocycles. The molecule has 1 amide bonds. The van der Waals surface area contributed by atoms with E-state index in [0.29, 0.717) is 31.0 Å². The molecular formula is C17H25N5O2. The van der Waals surface area contributed by atoms with E-state index in [2.05, 4.69) is 15.4 Å². The van der Waals surface area contributed by atoms with E-state index in [0.717, 1.165) is 51.0 Å². The van der Waals surface area contributed by atoms with Crippen LogP contribution in [-0.4, -0.2) is 57.3 Å². The van der Waals surface area contributed by atoms with Crippen molar-refractivity contribution in [1.29, 1.82) is 0 Å². The van der Waals surface area contributed by atoms with Crippen LogP contribution in [0, 0.1) is 24.2 Å².